The van der Waals surface area contributed by atoms with Crippen molar-refractivity contribution >= 4 is 18.3 Å². The third kappa shape index (κ3) is 5.85. The summed E-state index contributed by atoms with van der Waals surface area (Å²) in [7, 11) is 0. The van der Waals surface area contributed by atoms with Crippen molar-refractivity contribution < 1.29 is 9.53 Å². The van der Waals surface area contributed by atoms with Gasteiger partial charge in [0.15, 0.2) is 0 Å². The van der Waals surface area contributed by atoms with Gasteiger partial charge in [-0.1, -0.05) is 32.0 Å². The van der Waals surface area contributed by atoms with E-state index in [-0.39, 0.29) is 35.9 Å². The Hall–Kier alpha value is -1.26. The molecule has 0 aliphatic carbocycles. The summed E-state index contributed by atoms with van der Waals surface area (Å²) in [5.74, 6) is 1.01. The van der Waals surface area contributed by atoms with Gasteiger partial charge in [0.2, 0.25) is 5.91 Å². The molecule has 0 saturated carbocycles. The van der Waals surface area contributed by atoms with Crippen LogP contribution in [0.5, 0.6) is 5.75 Å². The lowest BCUT2D eigenvalue weighted by Gasteiger charge is -2.33. The van der Waals surface area contributed by atoms with Gasteiger partial charge in [-0.2, -0.15) is 0 Å². The van der Waals surface area contributed by atoms with E-state index < -0.39 is 0 Å². The van der Waals surface area contributed by atoms with Crippen LogP contribution in [0.1, 0.15) is 40.2 Å². The predicted octanol–water partition coefficient (Wildman–Crippen LogP) is 2.93. The van der Waals surface area contributed by atoms with Gasteiger partial charge in [-0.05, 0) is 32.8 Å². The number of para-hydroxylation sites is 1. The number of ether oxygens (including phenoxy) is 1. The van der Waals surface area contributed by atoms with Gasteiger partial charge in [0.25, 0.3) is 0 Å². The van der Waals surface area contributed by atoms with Crippen LogP contribution in [-0.2, 0) is 11.2 Å². The lowest BCUT2D eigenvalue weighted by molar-refractivity contribution is -0.122. The molecule has 0 aliphatic heterocycles. The summed E-state index contributed by atoms with van der Waals surface area (Å²) in [5.41, 5.74) is 6.32. The van der Waals surface area contributed by atoms with Crippen molar-refractivity contribution in [2.75, 3.05) is 6.54 Å². The average Bonchev–Trinajstić information content (AvgIpc) is 2.40. The Kier molecular flexibility index (Phi) is 8.49. The first-order chi connectivity index (χ1) is 9.78. The van der Waals surface area contributed by atoms with E-state index in [9.17, 15) is 4.79 Å². The SMILES string of the molecule is CC(C)Oc1ccccc1CC(=O)NC(C)(CN)C(C)C.Cl. The molecule has 0 spiro atoms. The Morgan fingerprint density at radius 1 is 1.27 bits per heavy atom. The van der Waals surface area contributed by atoms with Gasteiger partial charge in [-0.3, -0.25) is 4.79 Å². The highest BCUT2D eigenvalue weighted by Crippen LogP contribution is 2.21. The van der Waals surface area contributed by atoms with Crippen LogP contribution < -0.4 is 15.8 Å². The molecule has 5 heteroatoms. The normalized spacial score (nSPS) is 13.5. The highest BCUT2D eigenvalue weighted by atomic mass is 35.5. The zero-order chi connectivity index (χ0) is 16.0. The third-order valence-corrected chi connectivity index (χ3v) is 3.81. The highest BCUT2D eigenvalue weighted by Gasteiger charge is 2.28. The molecule has 0 heterocycles. The summed E-state index contributed by atoms with van der Waals surface area (Å²) in [6.07, 6.45) is 0.379. The van der Waals surface area contributed by atoms with Crippen LogP contribution in [0.4, 0.5) is 0 Å². The molecule has 0 aromatic heterocycles. The molecule has 1 unspecified atom stereocenters. The molecular formula is C17H29ClN2O2. The first-order valence-corrected chi connectivity index (χ1v) is 7.54. The standard InChI is InChI=1S/C17H28N2O2.ClH/c1-12(2)17(5,11-18)19-16(20)10-14-8-6-7-9-15(14)21-13(3)4;/h6-9,12-13H,10-11,18H2,1-5H3,(H,19,20);1H. The summed E-state index contributed by atoms with van der Waals surface area (Å²) in [4.78, 5) is 12.3. The first kappa shape index (κ1) is 20.7. The average molecular weight is 329 g/mol. The second kappa shape index (κ2) is 9.01. The number of nitrogens with one attached hydrogen (secondary N) is 1. The summed E-state index contributed by atoms with van der Waals surface area (Å²) in [6, 6.07) is 7.65. The van der Waals surface area contributed by atoms with Crippen molar-refractivity contribution in [2.24, 2.45) is 11.7 Å². The van der Waals surface area contributed by atoms with Gasteiger partial charge in [-0.15, -0.1) is 12.4 Å². The number of amides is 1. The Morgan fingerprint density at radius 3 is 2.36 bits per heavy atom. The van der Waals surface area contributed by atoms with Crippen molar-refractivity contribution in [3.63, 3.8) is 0 Å². The number of carbonyl (C=O) groups is 1. The van der Waals surface area contributed by atoms with Crippen LogP contribution in [0, 0.1) is 5.92 Å². The van der Waals surface area contributed by atoms with Gasteiger partial charge >= 0.3 is 0 Å². The number of hydrogen-bond donors (Lipinski definition) is 2. The summed E-state index contributed by atoms with van der Waals surface area (Å²) < 4.78 is 5.75. The van der Waals surface area contributed by atoms with E-state index in [1.54, 1.807) is 0 Å². The van der Waals surface area contributed by atoms with Gasteiger partial charge in [0.05, 0.1) is 18.1 Å². The van der Waals surface area contributed by atoms with E-state index >= 15 is 0 Å². The van der Waals surface area contributed by atoms with Gasteiger partial charge in [-0.25, -0.2) is 0 Å². The molecular weight excluding hydrogens is 300 g/mol. The zero-order valence-electron chi connectivity index (χ0n) is 14.2. The fraction of sp³-hybridized carbons (Fsp3) is 0.588. The molecule has 0 aliphatic rings. The van der Waals surface area contributed by atoms with Gasteiger partial charge in [0.1, 0.15) is 5.75 Å². The van der Waals surface area contributed by atoms with E-state index in [4.69, 9.17) is 10.5 Å². The lowest BCUT2D eigenvalue weighted by Crippen LogP contribution is -2.55. The van der Waals surface area contributed by atoms with E-state index in [1.165, 1.54) is 0 Å². The minimum absolute atomic E-state index is 0. The molecule has 1 aromatic rings. The maximum absolute atomic E-state index is 12.3. The van der Waals surface area contributed by atoms with Crippen LogP contribution >= 0.6 is 12.4 Å². The molecule has 1 aromatic carbocycles. The van der Waals surface area contributed by atoms with Crippen molar-refractivity contribution in [2.45, 2.75) is 52.7 Å². The molecule has 0 radical (unpaired) electrons. The fourth-order valence-electron chi connectivity index (χ4n) is 1.99. The fourth-order valence-corrected chi connectivity index (χ4v) is 1.99. The Labute approximate surface area is 140 Å². The maximum atomic E-state index is 12.3. The zero-order valence-corrected chi connectivity index (χ0v) is 15.0. The van der Waals surface area contributed by atoms with E-state index in [0.29, 0.717) is 13.0 Å². The number of benzene rings is 1. The largest absolute Gasteiger partial charge is 0.491 e. The van der Waals surface area contributed by atoms with Crippen LogP contribution in [0.15, 0.2) is 24.3 Å². The second-order valence-corrected chi connectivity index (χ2v) is 6.28. The number of hydrogen-bond acceptors (Lipinski definition) is 3. The quantitative estimate of drug-likeness (QED) is 0.809. The van der Waals surface area contributed by atoms with Crippen LogP contribution in [0.3, 0.4) is 0 Å². The second-order valence-electron chi connectivity index (χ2n) is 6.28. The van der Waals surface area contributed by atoms with Crippen LogP contribution in [0.2, 0.25) is 0 Å². The minimum Gasteiger partial charge on any atom is -0.491 e. The van der Waals surface area contributed by atoms with Crippen molar-refractivity contribution in [1.82, 2.24) is 5.32 Å². The molecule has 1 atom stereocenters. The molecule has 3 N–H and O–H groups in total. The molecule has 126 valence electrons. The smallest absolute Gasteiger partial charge is 0.225 e. The molecule has 0 fully saturated rings. The summed E-state index contributed by atoms with van der Waals surface area (Å²) >= 11 is 0. The molecule has 1 rings (SSSR count). The van der Waals surface area contributed by atoms with Crippen molar-refractivity contribution in [3.05, 3.63) is 29.8 Å². The number of rotatable bonds is 7. The molecule has 1 amide bonds. The van der Waals surface area contributed by atoms with Crippen molar-refractivity contribution in [3.8, 4) is 5.75 Å². The third-order valence-electron chi connectivity index (χ3n) is 3.81. The number of carbonyl (C=O) groups excluding carboxylic acids is 1. The Balaban J connectivity index is 0.00000441. The summed E-state index contributed by atoms with van der Waals surface area (Å²) in [6.45, 7) is 10.5. The number of halogens is 1. The number of nitrogens with two attached hydrogens (primary N) is 1. The van der Waals surface area contributed by atoms with E-state index in [0.717, 1.165) is 11.3 Å². The van der Waals surface area contributed by atoms with E-state index in [1.807, 2.05) is 45.0 Å². The molecule has 0 saturated heterocycles. The Morgan fingerprint density at radius 2 is 1.86 bits per heavy atom. The predicted molar refractivity (Wildman–Crippen MR) is 93.6 cm³/mol. The van der Waals surface area contributed by atoms with Crippen LogP contribution in [-0.4, -0.2) is 24.1 Å². The summed E-state index contributed by atoms with van der Waals surface area (Å²) in [5, 5.41) is 3.05. The minimum atomic E-state index is -0.384. The molecule has 0 bridgehead atoms. The highest BCUT2D eigenvalue weighted by molar-refractivity contribution is 5.85. The van der Waals surface area contributed by atoms with E-state index in [2.05, 4.69) is 19.2 Å². The molecule has 22 heavy (non-hydrogen) atoms. The molecule has 4 nitrogen and oxygen atoms in total. The lowest BCUT2D eigenvalue weighted by atomic mass is 9.88. The van der Waals surface area contributed by atoms with Crippen molar-refractivity contribution in [1.29, 1.82) is 0 Å². The Bertz CT molecular complexity index is 477. The van der Waals surface area contributed by atoms with Crippen LogP contribution in [0.25, 0.3) is 0 Å². The maximum Gasteiger partial charge on any atom is 0.225 e. The monoisotopic (exact) mass is 328 g/mol. The first-order valence-electron chi connectivity index (χ1n) is 7.54. The van der Waals surface area contributed by atoms with Gasteiger partial charge in [0, 0.05) is 12.1 Å². The topological polar surface area (TPSA) is 64.3 Å². The van der Waals surface area contributed by atoms with Gasteiger partial charge < -0.3 is 15.8 Å².